The summed E-state index contributed by atoms with van der Waals surface area (Å²) in [6, 6.07) is 12.0. The van der Waals surface area contributed by atoms with Crippen molar-refractivity contribution in [2.45, 2.75) is 45.1 Å². The normalized spacial score (nSPS) is 15.2. The van der Waals surface area contributed by atoms with E-state index in [0.717, 1.165) is 11.1 Å². The Bertz CT molecular complexity index is 1100. The van der Waals surface area contributed by atoms with E-state index < -0.39 is 22.2 Å². The Hall–Kier alpha value is -2.91. The SMILES string of the molecule is CCOC(=O)N1CCN(C(=O)[C@@H](Cc2ccccc2)NS(=O)(=O)c2c(C)cc(C)cc2C)CC1. The molecule has 1 heterocycles. The summed E-state index contributed by atoms with van der Waals surface area (Å²) in [6.45, 7) is 8.78. The lowest BCUT2D eigenvalue weighted by Gasteiger charge is -2.36. The predicted molar refractivity (Wildman–Crippen MR) is 130 cm³/mol. The van der Waals surface area contributed by atoms with Gasteiger partial charge in [-0.15, -0.1) is 0 Å². The van der Waals surface area contributed by atoms with Crippen molar-refractivity contribution in [2.24, 2.45) is 0 Å². The minimum atomic E-state index is -3.95. The number of sulfonamides is 1. The molecule has 8 nitrogen and oxygen atoms in total. The molecule has 1 atom stereocenters. The molecule has 0 saturated carbocycles. The van der Waals surface area contributed by atoms with E-state index in [4.69, 9.17) is 4.74 Å². The van der Waals surface area contributed by atoms with Crippen molar-refractivity contribution in [3.63, 3.8) is 0 Å². The lowest BCUT2D eigenvalue weighted by molar-refractivity contribution is -0.134. The number of ether oxygens (including phenoxy) is 1. The molecule has 1 saturated heterocycles. The molecule has 1 N–H and O–H groups in total. The van der Waals surface area contributed by atoms with Gasteiger partial charge in [0.2, 0.25) is 15.9 Å². The van der Waals surface area contributed by atoms with Crippen LogP contribution in [0.5, 0.6) is 0 Å². The number of amides is 2. The molecule has 3 rings (SSSR count). The van der Waals surface area contributed by atoms with Crippen LogP contribution >= 0.6 is 0 Å². The number of nitrogens with zero attached hydrogens (tertiary/aromatic N) is 2. The number of rotatable bonds is 7. The fraction of sp³-hybridized carbons (Fsp3) is 0.440. The zero-order valence-electron chi connectivity index (χ0n) is 20.2. The molecular formula is C25H33N3O5S. The minimum absolute atomic E-state index is 0.205. The van der Waals surface area contributed by atoms with E-state index >= 15 is 0 Å². The maximum Gasteiger partial charge on any atom is 0.409 e. The van der Waals surface area contributed by atoms with Crippen molar-refractivity contribution in [1.82, 2.24) is 14.5 Å². The lowest BCUT2D eigenvalue weighted by Crippen LogP contribution is -2.56. The van der Waals surface area contributed by atoms with Gasteiger partial charge in [0.1, 0.15) is 6.04 Å². The van der Waals surface area contributed by atoms with E-state index in [1.54, 1.807) is 30.6 Å². The first-order valence-corrected chi connectivity index (χ1v) is 12.9. The molecule has 184 valence electrons. The number of hydrogen-bond donors (Lipinski definition) is 1. The number of carbonyl (C=O) groups excluding carboxylic acids is 2. The number of benzene rings is 2. The molecule has 1 aliphatic rings. The first kappa shape index (κ1) is 25.7. The molecule has 34 heavy (non-hydrogen) atoms. The lowest BCUT2D eigenvalue weighted by atomic mass is 10.1. The third kappa shape index (κ3) is 6.15. The number of carbonyl (C=O) groups is 2. The van der Waals surface area contributed by atoms with E-state index in [2.05, 4.69) is 4.72 Å². The largest absolute Gasteiger partial charge is 0.450 e. The van der Waals surface area contributed by atoms with E-state index in [1.165, 1.54) is 0 Å². The fourth-order valence-corrected chi connectivity index (χ4v) is 6.05. The standard InChI is InChI=1S/C25H33N3O5S/c1-5-33-25(30)28-13-11-27(12-14-28)24(29)22(17-21-9-7-6-8-10-21)26-34(31,32)23-19(3)15-18(2)16-20(23)4/h6-10,15-16,22,26H,5,11-14,17H2,1-4H3/t22-/m1/s1. The molecule has 0 aromatic heterocycles. The van der Waals surface area contributed by atoms with Crippen molar-refractivity contribution >= 4 is 22.0 Å². The van der Waals surface area contributed by atoms with E-state index in [0.29, 0.717) is 37.3 Å². The Morgan fingerprint density at radius 1 is 0.971 bits per heavy atom. The van der Waals surface area contributed by atoms with Crippen molar-refractivity contribution in [1.29, 1.82) is 0 Å². The molecule has 9 heteroatoms. The quantitative estimate of drug-likeness (QED) is 0.648. The number of aryl methyl sites for hydroxylation is 3. The smallest absolute Gasteiger partial charge is 0.409 e. The zero-order valence-corrected chi connectivity index (χ0v) is 21.0. The summed E-state index contributed by atoms with van der Waals surface area (Å²) in [5.41, 5.74) is 3.11. The van der Waals surface area contributed by atoms with Crippen LogP contribution in [0.25, 0.3) is 0 Å². The number of hydrogen-bond acceptors (Lipinski definition) is 5. The summed E-state index contributed by atoms with van der Waals surface area (Å²) in [5.74, 6) is -0.307. The highest BCUT2D eigenvalue weighted by atomic mass is 32.2. The van der Waals surface area contributed by atoms with Crippen LogP contribution in [0.1, 0.15) is 29.2 Å². The minimum Gasteiger partial charge on any atom is -0.450 e. The third-order valence-electron chi connectivity index (χ3n) is 5.87. The molecule has 2 aromatic carbocycles. The number of piperazine rings is 1. The van der Waals surface area contributed by atoms with Gasteiger partial charge in [-0.1, -0.05) is 48.0 Å². The molecule has 2 amide bonds. The highest BCUT2D eigenvalue weighted by Gasteiger charge is 2.33. The molecule has 0 bridgehead atoms. The monoisotopic (exact) mass is 487 g/mol. The summed E-state index contributed by atoms with van der Waals surface area (Å²) in [5, 5.41) is 0. The van der Waals surface area contributed by atoms with Crippen LogP contribution in [0, 0.1) is 20.8 Å². The van der Waals surface area contributed by atoms with Gasteiger partial charge < -0.3 is 14.5 Å². The van der Waals surface area contributed by atoms with Crippen LogP contribution in [-0.4, -0.2) is 69.0 Å². The van der Waals surface area contributed by atoms with Crippen LogP contribution in [0.3, 0.4) is 0 Å². The van der Waals surface area contributed by atoms with E-state index in [9.17, 15) is 18.0 Å². The van der Waals surface area contributed by atoms with Gasteiger partial charge in [-0.05, 0) is 50.8 Å². The van der Waals surface area contributed by atoms with Gasteiger partial charge >= 0.3 is 6.09 Å². The Balaban J connectivity index is 1.83. The zero-order chi connectivity index (χ0) is 24.9. The predicted octanol–water partition coefficient (Wildman–Crippen LogP) is 2.80. The Labute approximate surface area is 201 Å². The Kier molecular flexibility index (Phi) is 8.33. The van der Waals surface area contributed by atoms with Crippen molar-refractivity contribution < 1.29 is 22.7 Å². The van der Waals surface area contributed by atoms with E-state index in [1.807, 2.05) is 49.4 Å². The van der Waals surface area contributed by atoms with Gasteiger partial charge in [0.05, 0.1) is 11.5 Å². The molecular weight excluding hydrogens is 454 g/mol. The second-order valence-corrected chi connectivity index (χ2v) is 10.3. The van der Waals surface area contributed by atoms with Crippen LogP contribution < -0.4 is 4.72 Å². The van der Waals surface area contributed by atoms with Crippen LogP contribution in [0.2, 0.25) is 0 Å². The highest BCUT2D eigenvalue weighted by Crippen LogP contribution is 2.23. The average molecular weight is 488 g/mol. The summed E-state index contributed by atoms with van der Waals surface area (Å²) in [7, 11) is -3.95. The van der Waals surface area contributed by atoms with Crippen molar-refractivity contribution in [3.05, 3.63) is 64.7 Å². The van der Waals surface area contributed by atoms with Gasteiger partial charge in [0.15, 0.2) is 0 Å². The summed E-state index contributed by atoms with van der Waals surface area (Å²) < 4.78 is 34.6. The van der Waals surface area contributed by atoms with Gasteiger partial charge in [-0.3, -0.25) is 4.79 Å². The first-order chi connectivity index (χ1) is 16.1. The molecule has 0 aliphatic carbocycles. The third-order valence-corrected chi connectivity index (χ3v) is 7.65. The topological polar surface area (TPSA) is 96.0 Å². The maximum atomic E-state index is 13.5. The summed E-state index contributed by atoms with van der Waals surface area (Å²) in [4.78, 5) is 28.9. The average Bonchev–Trinajstić information content (AvgIpc) is 2.78. The van der Waals surface area contributed by atoms with Gasteiger partial charge in [-0.25, -0.2) is 13.2 Å². The van der Waals surface area contributed by atoms with Gasteiger partial charge in [0.25, 0.3) is 0 Å². The molecule has 1 aliphatic heterocycles. The van der Waals surface area contributed by atoms with Crippen molar-refractivity contribution in [2.75, 3.05) is 32.8 Å². The van der Waals surface area contributed by atoms with Crippen molar-refractivity contribution in [3.8, 4) is 0 Å². The van der Waals surface area contributed by atoms with Crippen LogP contribution in [0.15, 0.2) is 47.4 Å². The van der Waals surface area contributed by atoms with Gasteiger partial charge in [0, 0.05) is 26.2 Å². The molecule has 0 spiro atoms. The van der Waals surface area contributed by atoms with Gasteiger partial charge in [-0.2, -0.15) is 4.72 Å². The second kappa shape index (κ2) is 11.0. The first-order valence-electron chi connectivity index (χ1n) is 11.5. The van der Waals surface area contributed by atoms with Crippen LogP contribution in [-0.2, 0) is 26.0 Å². The Morgan fingerprint density at radius 3 is 2.09 bits per heavy atom. The maximum absolute atomic E-state index is 13.5. The summed E-state index contributed by atoms with van der Waals surface area (Å²) >= 11 is 0. The molecule has 0 unspecified atom stereocenters. The molecule has 2 aromatic rings. The summed E-state index contributed by atoms with van der Waals surface area (Å²) in [6.07, 6.45) is -0.178. The molecule has 1 fully saturated rings. The van der Waals surface area contributed by atoms with Crippen LogP contribution in [0.4, 0.5) is 4.79 Å². The van der Waals surface area contributed by atoms with E-state index in [-0.39, 0.29) is 23.8 Å². The molecule has 0 radical (unpaired) electrons. The Morgan fingerprint density at radius 2 is 1.53 bits per heavy atom. The second-order valence-electron chi connectivity index (χ2n) is 8.60. The number of nitrogens with one attached hydrogen (secondary N) is 1. The highest BCUT2D eigenvalue weighted by molar-refractivity contribution is 7.89. The fourth-order valence-electron chi connectivity index (χ4n) is 4.41.